The second-order valence-corrected chi connectivity index (χ2v) is 9.91. The predicted molar refractivity (Wildman–Crippen MR) is 99.1 cm³/mol. The Bertz CT molecular complexity index is 735. The monoisotopic (exact) mass is 382 g/mol. The van der Waals surface area contributed by atoms with Gasteiger partial charge in [0.25, 0.3) is 0 Å². The average molecular weight is 383 g/mol. The zero-order chi connectivity index (χ0) is 18.8. The Kier molecular flexibility index (Phi) is 5.67. The molecule has 2 heterocycles. The van der Waals surface area contributed by atoms with Gasteiger partial charge in [-0.05, 0) is 68.8 Å². The van der Waals surface area contributed by atoms with Gasteiger partial charge in [0, 0.05) is 19.3 Å². The van der Waals surface area contributed by atoms with Crippen molar-refractivity contribution in [2.75, 3.05) is 32.4 Å². The van der Waals surface area contributed by atoms with Gasteiger partial charge < -0.3 is 10.2 Å². The molecule has 0 spiro atoms. The highest BCUT2D eigenvalue weighted by atomic mass is 32.2. The van der Waals surface area contributed by atoms with Crippen LogP contribution in [0.25, 0.3) is 0 Å². The number of halogens is 1. The molecule has 2 fully saturated rings. The van der Waals surface area contributed by atoms with Crippen molar-refractivity contribution >= 4 is 15.7 Å². The van der Waals surface area contributed by atoms with Gasteiger partial charge in [-0.25, -0.2) is 12.8 Å². The number of rotatable bonds is 4. The van der Waals surface area contributed by atoms with E-state index in [0.29, 0.717) is 44.9 Å². The molecule has 1 aromatic rings. The minimum atomic E-state index is -3.47. The lowest BCUT2D eigenvalue weighted by Gasteiger charge is -2.41. The van der Waals surface area contributed by atoms with E-state index in [9.17, 15) is 17.6 Å². The molecular weight excluding hydrogens is 355 g/mol. The van der Waals surface area contributed by atoms with Crippen LogP contribution in [0.3, 0.4) is 0 Å². The number of carbonyl (C=O) groups is 1. The van der Waals surface area contributed by atoms with Crippen molar-refractivity contribution in [2.45, 2.75) is 36.9 Å². The van der Waals surface area contributed by atoms with Gasteiger partial charge in [0.2, 0.25) is 5.91 Å². The van der Waals surface area contributed by atoms with Gasteiger partial charge in [-0.3, -0.25) is 4.79 Å². The summed E-state index contributed by atoms with van der Waals surface area (Å²) in [6, 6.07) is 6.56. The van der Waals surface area contributed by atoms with Crippen molar-refractivity contribution in [2.24, 2.45) is 5.92 Å². The van der Waals surface area contributed by atoms with E-state index >= 15 is 0 Å². The van der Waals surface area contributed by atoms with E-state index < -0.39 is 14.6 Å². The fraction of sp³-hybridized carbons (Fsp3) is 0.632. The van der Waals surface area contributed by atoms with Gasteiger partial charge in [-0.15, -0.1) is 0 Å². The third kappa shape index (κ3) is 3.93. The van der Waals surface area contributed by atoms with E-state index in [0.717, 1.165) is 24.8 Å². The number of sulfone groups is 1. The van der Waals surface area contributed by atoms with Crippen LogP contribution in [-0.4, -0.2) is 56.4 Å². The van der Waals surface area contributed by atoms with Crippen molar-refractivity contribution in [3.05, 3.63) is 35.6 Å². The molecule has 144 valence electrons. The molecule has 3 rings (SSSR count). The fourth-order valence-electron chi connectivity index (χ4n) is 4.16. The summed E-state index contributed by atoms with van der Waals surface area (Å²) in [7, 11) is -3.47. The van der Waals surface area contributed by atoms with E-state index in [1.54, 1.807) is 17.0 Å². The minimum Gasteiger partial charge on any atom is -0.341 e. The molecular formula is C19H27FN2O3S. The second kappa shape index (κ2) is 7.64. The lowest BCUT2D eigenvalue weighted by Crippen LogP contribution is -2.59. The highest BCUT2D eigenvalue weighted by Gasteiger charge is 2.50. The number of piperidine rings is 2. The van der Waals surface area contributed by atoms with E-state index in [-0.39, 0.29) is 11.7 Å². The summed E-state index contributed by atoms with van der Waals surface area (Å²) >= 11 is 0. The third-order valence-corrected chi connectivity index (χ3v) is 7.85. The van der Waals surface area contributed by atoms with Gasteiger partial charge in [-0.2, -0.15) is 0 Å². The Morgan fingerprint density at radius 1 is 1.19 bits per heavy atom. The Labute approximate surface area is 154 Å². The molecule has 1 aromatic carbocycles. The smallest absolute Gasteiger partial charge is 0.244 e. The average Bonchev–Trinajstić information content (AvgIpc) is 2.63. The molecule has 5 nitrogen and oxygen atoms in total. The van der Waals surface area contributed by atoms with Gasteiger partial charge in [-0.1, -0.05) is 12.1 Å². The highest BCUT2D eigenvalue weighted by molar-refractivity contribution is 7.92. The maximum Gasteiger partial charge on any atom is 0.244 e. The molecule has 0 aromatic heterocycles. The van der Waals surface area contributed by atoms with Crippen LogP contribution in [0.2, 0.25) is 0 Å². The number of hydrogen-bond donors (Lipinski definition) is 1. The Morgan fingerprint density at radius 3 is 2.31 bits per heavy atom. The largest absolute Gasteiger partial charge is 0.341 e. The SMILES string of the molecule is CS(=O)(=O)C1(C(=O)N2CCC(Cc3ccc(F)cc3)CC2)CCNCC1. The van der Waals surface area contributed by atoms with E-state index in [2.05, 4.69) is 5.32 Å². The zero-order valence-electron chi connectivity index (χ0n) is 15.2. The van der Waals surface area contributed by atoms with Crippen molar-refractivity contribution in [3.63, 3.8) is 0 Å². The maximum atomic E-state index is 13.1. The number of nitrogens with zero attached hydrogens (tertiary/aromatic N) is 1. The number of amides is 1. The topological polar surface area (TPSA) is 66.5 Å². The van der Waals surface area contributed by atoms with Crippen LogP contribution < -0.4 is 5.32 Å². The van der Waals surface area contributed by atoms with Gasteiger partial charge >= 0.3 is 0 Å². The van der Waals surface area contributed by atoms with Crippen LogP contribution in [0.1, 0.15) is 31.2 Å². The van der Waals surface area contributed by atoms with Crippen LogP contribution in [0.15, 0.2) is 24.3 Å². The first-order valence-corrected chi connectivity index (χ1v) is 11.2. The quantitative estimate of drug-likeness (QED) is 0.862. The summed E-state index contributed by atoms with van der Waals surface area (Å²) in [5.41, 5.74) is 1.10. The number of hydrogen-bond acceptors (Lipinski definition) is 4. The lowest BCUT2D eigenvalue weighted by atomic mass is 9.88. The molecule has 0 aliphatic carbocycles. The molecule has 0 saturated carbocycles. The Hall–Kier alpha value is -1.47. The first-order valence-electron chi connectivity index (χ1n) is 9.26. The van der Waals surface area contributed by atoms with Gasteiger partial charge in [0.1, 0.15) is 5.82 Å². The molecule has 0 radical (unpaired) electrons. The van der Waals surface area contributed by atoms with Crippen molar-refractivity contribution in [1.29, 1.82) is 0 Å². The van der Waals surface area contributed by atoms with E-state index in [1.165, 1.54) is 18.4 Å². The number of benzene rings is 1. The summed E-state index contributed by atoms with van der Waals surface area (Å²) in [6.45, 7) is 2.30. The molecule has 2 aliphatic heterocycles. The van der Waals surface area contributed by atoms with Crippen molar-refractivity contribution < 1.29 is 17.6 Å². The van der Waals surface area contributed by atoms with Crippen LogP contribution in [0.4, 0.5) is 4.39 Å². The number of likely N-dealkylation sites (tertiary alicyclic amines) is 1. The van der Waals surface area contributed by atoms with Crippen molar-refractivity contribution in [1.82, 2.24) is 10.2 Å². The first kappa shape index (κ1) is 19.3. The lowest BCUT2D eigenvalue weighted by molar-refractivity contribution is -0.136. The molecule has 0 unspecified atom stereocenters. The molecule has 0 atom stereocenters. The normalized spacial score (nSPS) is 21.5. The Morgan fingerprint density at radius 2 is 1.77 bits per heavy atom. The van der Waals surface area contributed by atoms with Gasteiger partial charge in [0.15, 0.2) is 14.6 Å². The predicted octanol–water partition coefficient (Wildman–Crippen LogP) is 1.77. The summed E-state index contributed by atoms with van der Waals surface area (Å²) in [5.74, 6) is -0.0179. The third-order valence-electron chi connectivity index (χ3n) is 5.85. The van der Waals surface area contributed by atoms with Crippen LogP contribution in [-0.2, 0) is 21.1 Å². The molecule has 1 N–H and O–H groups in total. The summed E-state index contributed by atoms with van der Waals surface area (Å²) in [6.07, 6.45) is 4.45. The summed E-state index contributed by atoms with van der Waals surface area (Å²) < 4.78 is 36.6. The van der Waals surface area contributed by atoms with Crippen molar-refractivity contribution in [3.8, 4) is 0 Å². The maximum absolute atomic E-state index is 13.1. The van der Waals surface area contributed by atoms with Crippen LogP contribution in [0, 0.1) is 11.7 Å². The van der Waals surface area contributed by atoms with Gasteiger partial charge in [0.05, 0.1) is 0 Å². The molecule has 0 bridgehead atoms. The molecule has 2 aliphatic rings. The molecule has 26 heavy (non-hydrogen) atoms. The van der Waals surface area contributed by atoms with Crippen LogP contribution >= 0.6 is 0 Å². The van der Waals surface area contributed by atoms with E-state index in [4.69, 9.17) is 0 Å². The summed E-state index contributed by atoms with van der Waals surface area (Å²) in [4.78, 5) is 14.8. The van der Waals surface area contributed by atoms with E-state index in [1.807, 2.05) is 0 Å². The first-order chi connectivity index (χ1) is 12.3. The minimum absolute atomic E-state index is 0.221. The van der Waals surface area contributed by atoms with Crippen LogP contribution in [0.5, 0.6) is 0 Å². The fourth-order valence-corrected chi connectivity index (χ4v) is 5.55. The Balaban J connectivity index is 1.63. The standard InChI is InChI=1S/C19H27FN2O3S/c1-26(24,25)19(8-10-21-11-9-19)18(23)22-12-6-16(7-13-22)14-15-2-4-17(20)5-3-15/h2-5,16,21H,6-14H2,1H3. The summed E-state index contributed by atoms with van der Waals surface area (Å²) in [5, 5.41) is 3.15. The molecule has 2 saturated heterocycles. The number of nitrogens with one attached hydrogen (secondary N) is 1. The molecule has 1 amide bonds. The highest BCUT2D eigenvalue weighted by Crippen LogP contribution is 2.32. The second-order valence-electron chi connectivity index (χ2n) is 7.58. The number of carbonyl (C=O) groups excluding carboxylic acids is 1. The molecule has 7 heteroatoms. The zero-order valence-corrected chi connectivity index (χ0v) is 16.0.